The maximum Gasteiger partial charge on any atom is 0.317 e. The highest BCUT2D eigenvalue weighted by Crippen LogP contribution is 2.33. The van der Waals surface area contributed by atoms with Crippen LogP contribution in [0.1, 0.15) is 16.9 Å². The van der Waals surface area contributed by atoms with Crippen molar-refractivity contribution in [2.24, 2.45) is 0 Å². The lowest BCUT2D eigenvalue weighted by Crippen LogP contribution is -2.49. The molecule has 0 saturated carbocycles. The number of rotatable bonds is 6. The minimum atomic E-state index is -0.311. The number of hydrogen-bond acceptors (Lipinski definition) is 8. The average Bonchev–Trinajstić information content (AvgIpc) is 3.63. The number of nitrogens with zero attached hydrogens (tertiary/aromatic N) is 3. The second-order valence-electron chi connectivity index (χ2n) is 9.95. The molecule has 2 atom stereocenters. The van der Waals surface area contributed by atoms with Gasteiger partial charge in [0.15, 0.2) is 5.82 Å². The Bertz CT molecular complexity index is 1650. The molecule has 2 aromatic carbocycles. The highest BCUT2D eigenvalue weighted by atomic mass is 35.5. The zero-order chi connectivity index (χ0) is 28.9. The summed E-state index contributed by atoms with van der Waals surface area (Å²) >= 11 is 7.98. The van der Waals surface area contributed by atoms with Crippen molar-refractivity contribution in [1.82, 2.24) is 25.5 Å². The molecular weight excluding hydrogens is 579 g/mol. The van der Waals surface area contributed by atoms with Crippen LogP contribution in [0, 0.1) is 17.7 Å². The number of carbonyl (C=O) groups excluding carboxylic acids is 1. The Morgan fingerprint density at radius 2 is 2.10 bits per heavy atom. The number of aromatic nitrogens is 2. The van der Waals surface area contributed by atoms with E-state index >= 15 is 0 Å². The first-order valence-electron chi connectivity index (χ1n) is 13.6. The zero-order valence-electron chi connectivity index (χ0n) is 22.5. The van der Waals surface area contributed by atoms with Gasteiger partial charge in [0.1, 0.15) is 24.5 Å². The van der Waals surface area contributed by atoms with Crippen molar-refractivity contribution in [2.75, 3.05) is 38.2 Å². The molecule has 12 heteroatoms. The van der Waals surface area contributed by atoms with Crippen LogP contribution in [0.2, 0.25) is 5.02 Å². The van der Waals surface area contributed by atoms with E-state index in [1.54, 1.807) is 29.2 Å². The predicted octanol–water partition coefficient (Wildman–Crippen LogP) is 4.93. The van der Waals surface area contributed by atoms with E-state index in [2.05, 4.69) is 37.8 Å². The molecular formula is C30H28ClFN6O3S. The topological polar surface area (TPSA) is 101 Å². The van der Waals surface area contributed by atoms with Crippen molar-refractivity contribution in [3.8, 4) is 17.6 Å². The van der Waals surface area contributed by atoms with Gasteiger partial charge in [-0.1, -0.05) is 35.6 Å². The number of benzene rings is 2. The first kappa shape index (κ1) is 28.2. The Hall–Kier alpha value is -3.95. The lowest BCUT2D eigenvalue weighted by Gasteiger charge is -2.28. The van der Waals surface area contributed by atoms with Crippen molar-refractivity contribution < 1.29 is 18.7 Å². The molecule has 0 unspecified atom stereocenters. The molecule has 2 aromatic heterocycles. The molecule has 2 amide bonds. The average molecular weight is 607 g/mol. The SMILES string of the molecule is O=C(N[C@@H]1CN[C@H](C#Cc2cc3ncnc(Nc4ccc(OCc5cccc(F)c5)c(Cl)c4)c3s2)C1)N1CCOCC1. The van der Waals surface area contributed by atoms with Crippen LogP contribution in [0.3, 0.4) is 0 Å². The Balaban J connectivity index is 1.07. The summed E-state index contributed by atoms with van der Waals surface area (Å²) in [4.78, 5) is 24.0. The summed E-state index contributed by atoms with van der Waals surface area (Å²) < 4.78 is 25.4. The van der Waals surface area contributed by atoms with E-state index in [1.807, 2.05) is 12.1 Å². The Morgan fingerprint density at radius 3 is 2.93 bits per heavy atom. The third-order valence-corrected chi connectivity index (χ3v) is 8.26. The van der Waals surface area contributed by atoms with Crippen molar-refractivity contribution in [2.45, 2.75) is 25.1 Å². The van der Waals surface area contributed by atoms with E-state index in [0.29, 0.717) is 55.0 Å². The fraction of sp³-hybridized carbons (Fsp3) is 0.300. The Labute approximate surface area is 251 Å². The van der Waals surface area contributed by atoms with Crippen LogP contribution in [-0.2, 0) is 11.3 Å². The lowest BCUT2D eigenvalue weighted by atomic mass is 10.2. The molecule has 0 radical (unpaired) electrons. The van der Waals surface area contributed by atoms with E-state index < -0.39 is 0 Å². The lowest BCUT2D eigenvalue weighted by molar-refractivity contribution is 0.0526. The van der Waals surface area contributed by atoms with Gasteiger partial charge < -0.3 is 30.3 Å². The number of fused-ring (bicyclic) bond motifs is 1. The van der Waals surface area contributed by atoms with Crippen molar-refractivity contribution in [3.05, 3.63) is 76.1 Å². The van der Waals surface area contributed by atoms with Gasteiger partial charge in [0.2, 0.25) is 0 Å². The number of thiophene rings is 1. The monoisotopic (exact) mass is 606 g/mol. The molecule has 6 rings (SSSR count). The number of halogens is 2. The summed E-state index contributed by atoms with van der Waals surface area (Å²) in [5, 5.41) is 10.2. The van der Waals surface area contributed by atoms with Gasteiger partial charge in [-0.05, 0) is 48.4 Å². The van der Waals surface area contributed by atoms with E-state index in [9.17, 15) is 9.18 Å². The van der Waals surface area contributed by atoms with Gasteiger partial charge in [0.05, 0.1) is 39.4 Å². The van der Waals surface area contributed by atoms with E-state index in [1.165, 1.54) is 29.8 Å². The molecule has 2 saturated heterocycles. The molecule has 0 bridgehead atoms. The van der Waals surface area contributed by atoms with Gasteiger partial charge in [-0.3, -0.25) is 0 Å². The molecule has 4 heterocycles. The van der Waals surface area contributed by atoms with E-state index in [-0.39, 0.29) is 30.5 Å². The standard InChI is InChI=1S/C30H28ClFN6O3S/c31-25-14-22(5-7-27(25)41-17-19-2-1-3-20(32)12-19)36-29-28-26(34-18-35-29)15-24(42-28)6-4-21-13-23(16-33-21)37-30(39)38-8-10-40-11-9-38/h1-3,5,7,12,14-15,18,21,23,33H,8-11,13,16-17H2,(H,37,39)(H,34,35,36)/t21-,23+/m1/s1. The molecule has 4 aromatic rings. The second-order valence-corrected chi connectivity index (χ2v) is 11.4. The second kappa shape index (κ2) is 12.9. The molecule has 2 aliphatic rings. The fourth-order valence-corrected chi connectivity index (χ4v) is 5.92. The van der Waals surface area contributed by atoms with Crippen LogP contribution in [0.25, 0.3) is 10.2 Å². The molecule has 0 aliphatic carbocycles. The third kappa shape index (κ3) is 6.91. The van der Waals surface area contributed by atoms with Gasteiger partial charge in [-0.2, -0.15) is 0 Å². The number of anilines is 2. The summed E-state index contributed by atoms with van der Waals surface area (Å²) in [5.41, 5.74) is 2.24. The maximum atomic E-state index is 13.4. The summed E-state index contributed by atoms with van der Waals surface area (Å²) in [6, 6.07) is 13.5. The van der Waals surface area contributed by atoms with Crippen molar-refractivity contribution in [3.63, 3.8) is 0 Å². The number of nitrogens with one attached hydrogen (secondary N) is 3. The molecule has 42 heavy (non-hydrogen) atoms. The zero-order valence-corrected chi connectivity index (χ0v) is 24.1. The number of hydrogen-bond donors (Lipinski definition) is 3. The number of carbonyl (C=O) groups is 1. The molecule has 216 valence electrons. The fourth-order valence-electron chi connectivity index (χ4n) is 4.77. The number of morpholine rings is 1. The molecule has 3 N–H and O–H groups in total. The van der Waals surface area contributed by atoms with E-state index in [0.717, 1.165) is 27.2 Å². The van der Waals surface area contributed by atoms with Gasteiger partial charge >= 0.3 is 6.03 Å². The van der Waals surface area contributed by atoms with Crippen molar-refractivity contribution in [1.29, 1.82) is 0 Å². The highest BCUT2D eigenvalue weighted by Gasteiger charge is 2.26. The summed E-state index contributed by atoms with van der Waals surface area (Å²) in [5.74, 6) is 7.39. The number of ether oxygens (including phenoxy) is 2. The predicted molar refractivity (Wildman–Crippen MR) is 161 cm³/mol. The maximum absolute atomic E-state index is 13.4. The third-order valence-electron chi connectivity index (χ3n) is 6.92. The minimum Gasteiger partial charge on any atom is -0.487 e. The van der Waals surface area contributed by atoms with E-state index in [4.69, 9.17) is 21.1 Å². The summed E-state index contributed by atoms with van der Waals surface area (Å²) in [6.45, 7) is 3.27. The Morgan fingerprint density at radius 1 is 1.21 bits per heavy atom. The summed E-state index contributed by atoms with van der Waals surface area (Å²) in [7, 11) is 0. The van der Waals surface area contributed by atoms with Gasteiger partial charge in [0, 0.05) is 31.4 Å². The summed E-state index contributed by atoms with van der Waals surface area (Å²) in [6.07, 6.45) is 2.25. The van der Waals surface area contributed by atoms with Crippen LogP contribution in [0.15, 0.2) is 54.9 Å². The normalized spacial score (nSPS) is 18.4. The quantitative estimate of drug-likeness (QED) is 0.268. The minimum absolute atomic E-state index is 0.0160. The highest BCUT2D eigenvalue weighted by molar-refractivity contribution is 7.20. The molecule has 2 fully saturated rings. The van der Waals surface area contributed by atoms with Crippen LogP contribution in [-0.4, -0.2) is 65.8 Å². The van der Waals surface area contributed by atoms with Crippen LogP contribution >= 0.6 is 22.9 Å². The van der Waals surface area contributed by atoms with Crippen LogP contribution < -0.4 is 20.7 Å². The smallest absolute Gasteiger partial charge is 0.317 e. The first-order valence-corrected chi connectivity index (χ1v) is 14.8. The molecule has 2 aliphatic heterocycles. The number of amides is 2. The molecule has 0 spiro atoms. The van der Waals surface area contributed by atoms with Gasteiger partial charge in [-0.25, -0.2) is 19.2 Å². The van der Waals surface area contributed by atoms with Crippen LogP contribution in [0.4, 0.5) is 20.7 Å². The van der Waals surface area contributed by atoms with Gasteiger partial charge in [0.25, 0.3) is 0 Å². The Kier molecular flexibility index (Phi) is 8.67. The van der Waals surface area contributed by atoms with Gasteiger partial charge in [-0.15, -0.1) is 11.3 Å². The van der Waals surface area contributed by atoms with Crippen molar-refractivity contribution >= 4 is 50.7 Å². The molecule has 9 nitrogen and oxygen atoms in total. The number of urea groups is 1. The van der Waals surface area contributed by atoms with Crippen LogP contribution in [0.5, 0.6) is 5.75 Å². The first-order chi connectivity index (χ1) is 20.5. The largest absolute Gasteiger partial charge is 0.487 e.